The first kappa shape index (κ1) is 19.8. The smallest absolute Gasteiger partial charge is 0.266 e. The number of aromatic hydroxyl groups is 2. The summed E-state index contributed by atoms with van der Waals surface area (Å²) in [5.41, 5.74) is 2.10. The lowest BCUT2D eigenvalue weighted by Gasteiger charge is -2.12. The van der Waals surface area contributed by atoms with E-state index in [1.807, 2.05) is 26.8 Å². The highest BCUT2D eigenvalue weighted by Crippen LogP contribution is 2.37. The Kier molecular flexibility index (Phi) is 5.94. The number of amidine groups is 1. The van der Waals surface area contributed by atoms with E-state index in [0.29, 0.717) is 34.7 Å². The lowest BCUT2D eigenvalue weighted by Crippen LogP contribution is -2.28. The molecule has 2 aromatic rings. The molecule has 0 unspecified atom stereocenters. The van der Waals surface area contributed by atoms with E-state index in [1.165, 1.54) is 11.8 Å². The van der Waals surface area contributed by atoms with Gasteiger partial charge in [-0.25, -0.2) is 4.99 Å². The van der Waals surface area contributed by atoms with Crippen LogP contribution in [0, 0.1) is 6.92 Å². The Hall–Kier alpha value is -2.93. The summed E-state index contributed by atoms with van der Waals surface area (Å²) in [6.07, 6.45) is 1.75. The summed E-state index contributed by atoms with van der Waals surface area (Å²) >= 11 is 1.25. The topological polar surface area (TPSA) is 82.4 Å². The highest BCUT2D eigenvalue weighted by molar-refractivity contribution is 8.18. The molecule has 0 aliphatic carbocycles. The number of likely N-dealkylation sites (N-methyl/N-ethyl adjacent to an activating group) is 1. The molecule has 1 amide bonds. The molecule has 146 valence electrons. The molecule has 1 aliphatic rings. The molecule has 28 heavy (non-hydrogen) atoms. The van der Waals surface area contributed by atoms with E-state index in [1.54, 1.807) is 41.3 Å². The number of phenols is 2. The Morgan fingerprint density at radius 1 is 1.14 bits per heavy atom. The molecule has 2 N–H and O–H groups in total. The van der Waals surface area contributed by atoms with Crippen LogP contribution in [-0.4, -0.2) is 39.3 Å². The van der Waals surface area contributed by atoms with E-state index in [0.717, 1.165) is 11.1 Å². The summed E-state index contributed by atoms with van der Waals surface area (Å²) in [5, 5.41) is 20.5. The summed E-state index contributed by atoms with van der Waals surface area (Å²) < 4.78 is 5.40. The van der Waals surface area contributed by atoms with Crippen LogP contribution in [0.5, 0.6) is 17.2 Å². The van der Waals surface area contributed by atoms with Crippen LogP contribution in [0.25, 0.3) is 6.08 Å². The highest BCUT2D eigenvalue weighted by atomic mass is 32.2. The van der Waals surface area contributed by atoms with Gasteiger partial charge in [-0.1, -0.05) is 12.1 Å². The molecule has 0 bridgehead atoms. The number of rotatable bonds is 5. The lowest BCUT2D eigenvalue weighted by atomic mass is 10.2. The molecular formula is C21H22N2O4S. The zero-order chi connectivity index (χ0) is 20.3. The van der Waals surface area contributed by atoms with Gasteiger partial charge in [0, 0.05) is 6.54 Å². The molecular weight excluding hydrogens is 376 g/mol. The number of nitrogens with zero attached hydrogens (tertiary/aromatic N) is 2. The number of aliphatic imine (C=N–C) groups is 1. The largest absolute Gasteiger partial charge is 0.506 e. The normalized spacial score (nSPS) is 17.0. The number of phenolic OH excluding ortho intramolecular Hbond substituents is 2. The van der Waals surface area contributed by atoms with E-state index in [4.69, 9.17) is 4.74 Å². The highest BCUT2D eigenvalue weighted by Gasteiger charge is 2.32. The summed E-state index contributed by atoms with van der Waals surface area (Å²) in [5.74, 6) is 0.359. The molecule has 0 aromatic heterocycles. The van der Waals surface area contributed by atoms with Crippen molar-refractivity contribution in [2.24, 2.45) is 4.99 Å². The average molecular weight is 398 g/mol. The monoisotopic (exact) mass is 398 g/mol. The summed E-state index contributed by atoms with van der Waals surface area (Å²) in [7, 11) is 0. The van der Waals surface area contributed by atoms with Crippen LogP contribution >= 0.6 is 11.8 Å². The third-order valence-electron chi connectivity index (χ3n) is 4.13. The fourth-order valence-corrected chi connectivity index (χ4v) is 3.80. The van der Waals surface area contributed by atoms with E-state index in [9.17, 15) is 15.0 Å². The third kappa shape index (κ3) is 4.14. The summed E-state index contributed by atoms with van der Waals surface area (Å²) in [6.45, 7) is 6.50. The Morgan fingerprint density at radius 3 is 2.61 bits per heavy atom. The Balaban J connectivity index is 1.94. The van der Waals surface area contributed by atoms with Gasteiger partial charge >= 0.3 is 0 Å². The maximum Gasteiger partial charge on any atom is 0.266 e. The molecule has 1 heterocycles. The number of hydrogen-bond donors (Lipinski definition) is 2. The van der Waals surface area contributed by atoms with Gasteiger partial charge < -0.3 is 14.9 Å². The molecule has 1 fully saturated rings. The number of hydrogen-bond acceptors (Lipinski definition) is 6. The number of amides is 1. The Labute approximate surface area is 168 Å². The Bertz CT molecular complexity index is 969. The molecule has 6 nitrogen and oxygen atoms in total. The molecule has 1 aliphatic heterocycles. The Morgan fingerprint density at radius 2 is 1.93 bits per heavy atom. The van der Waals surface area contributed by atoms with Crippen LogP contribution < -0.4 is 4.74 Å². The predicted molar refractivity (Wildman–Crippen MR) is 112 cm³/mol. The van der Waals surface area contributed by atoms with Gasteiger partial charge in [0.25, 0.3) is 5.91 Å². The number of benzene rings is 2. The zero-order valence-electron chi connectivity index (χ0n) is 16.0. The minimum Gasteiger partial charge on any atom is -0.506 e. The van der Waals surface area contributed by atoms with Crippen LogP contribution in [-0.2, 0) is 4.79 Å². The standard InChI is InChI=1S/C21H22N2O4S/c1-4-23-20(26)19(12-14-7-9-16(24)18(11-14)27-5-2)28-21(23)22-15-8-6-13(3)10-17(15)25/h6-12,24-25H,4-5H2,1-3H3/b19-12-,22-21?. The first-order chi connectivity index (χ1) is 13.4. The van der Waals surface area contributed by atoms with Crippen molar-refractivity contribution in [3.05, 3.63) is 52.4 Å². The van der Waals surface area contributed by atoms with Crippen LogP contribution in [0.4, 0.5) is 5.69 Å². The van der Waals surface area contributed by atoms with Crippen molar-refractivity contribution in [3.63, 3.8) is 0 Å². The maximum atomic E-state index is 12.8. The molecule has 2 aromatic carbocycles. The molecule has 0 spiro atoms. The van der Waals surface area contributed by atoms with Crippen molar-refractivity contribution >= 4 is 34.6 Å². The zero-order valence-corrected chi connectivity index (χ0v) is 16.8. The molecule has 3 rings (SSSR count). The number of carbonyl (C=O) groups is 1. The summed E-state index contributed by atoms with van der Waals surface area (Å²) in [6, 6.07) is 10.2. The second kappa shape index (κ2) is 8.39. The van der Waals surface area contributed by atoms with E-state index in [2.05, 4.69) is 4.99 Å². The van der Waals surface area contributed by atoms with Crippen molar-refractivity contribution in [3.8, 4) is 17.2 Å². The van der Waals surface area contributed by atoms with Gasteiger partial charge in [0.15, 0.2) is 16.7 Å². The van der Waals surface area contributed by atoms with Crippen LogP contribution in [0.2, 0.25) is 0 Å². The van der Waals surface area contributed by atoms with Gasteiger partial charge in [-0.2, -0.15) is 0 Å². The molecule has 0 radical (unpaired) electrons. The van der Waals surface area contributed by atoms with Gasteiger partial charge in [-0.05, 0) is 74.0 Å². The molecule has 0 atom stereocenters. The minimum absolute atomic E-state index is 0.0571. The van der Waals surface area contributed by atoms with Crippen molar-refractivity contribution in [2.75, 3.05) is 13.2 Å². The second-order valence-corrected chi connectivity index (χ2v) is 7.22. The SMILES string of the molecule is CCOc1cc(/C=C2\SC(=Nc3ccc(C)cc3O)N(CC)C2=O)ccc1O. The maximum absolute atomic E-state index is 12.8. The van der Waals surface area contributed by atoms with E-state index < -0.39 is 0 Å². The fraction of sp³-hybridized carbons (Fsp3) is 0.238. The van der Waals surface area contributed by atoms with Gasteiger partial charge in [-0.3, -0.25) is 9.69 Å². The number of thioether (sulfide) groups is 1. The average Bonchev–Trinajstić information content (AvgIpc) is 2.95. The van der Waals surface area contributed by atoms with Gasteiger partial charge in [-0.15, -0.1) is 0 Å². The van der Waals surface area contributed by atoms with Crippen molar-refractivity contribution in [2.45, 2.75) is 20.8 Å². The predicted octanol–water partition coefficient (Wildman–Crippen LogP) is 4.43. The number of aryl methyl sites for hydroxylation is 1. The van der Waals surface area contributed by atoms with Crippen molar-refractivity contribution < 1.29 is 19.7 Å². The molecule has 0 saturated carbocycles. The fourth-order valence-electron chi connectivity index (χ4n) is 2.74. The van der Waals surface area contributed by atoms with E-state index >= 15 is 0 Å². The van der Waals surface area contributed by atoms with E-state index in [-0.39, 0.29) is 17.4 Å². The van der Waals surface area contributed by atoms with Crippen LogP contribution in [0.3, 0.4) is 0 Å². The summed E-state index contributed by atoms with van der Waals surface area (Å²) in [4.78, 5) is 19.3. The second-order valence-electron chi connectivity index (χ2n) is 6.21. The van der Waals surface area contributed by atoms with Crippen molar-refractivity contribution in [1.82, 2.24) is 4.90 Å². The first-order valence-corrected chi connectivity index (χ1v) is 9.80. The quantitative estimate of drug-likeness (QED) is 0.728. The first-order valence-electron chi connectivity index (χ1n) is 8.98. The van der Waals surface area contributed by atoms with Gasteiger partial charge in [0.05, 0.1) is 11.5 Å². The van der Waals surface area contributed by atoms with Crippen molar-refractivity contribution in [1.29, 1.82) is 0 Å². The lowest BCUT2D eigenvalue weighted by molar-refractivity contribution is -0.122. The number of ether oxygens (including phenoxy) is 1. The minimum atomic E-state index is -0.149. The molecule has 1 saturated heterocycles. The van der Waals surface area contributed by atoms with Crippen LogP contribution in [0.1, 0.15) is 25.0 Å². The van der Waals surface area contributed by atoms with Gasteiger partial charge in [0.1, 0.15) is 11.4 Å². The van der Waals surface area contributed by atoms with Crippen LogP contribution in [0.15, 0.2) is 46.3 Å². The van der Waals surface area contributed by atoms with Gasteiger partial charge in [0.2, 0.25) is 0 Å². The third-order valence-corrected chi connectivity index (χ3v) is 5.14. The number of carbonyl (C=O) groups excluding carboxylic acids is 1. The molecule has 7 heteroatoms.